The SMILES string of the molecule is CCn1c(-c2cnc(C)nc2)nc2c(-c3ccc4c(c3)CNS4(=O)=O)ncnc21. The van der Waals surface area contributed by atoms with Gasteiger partial charge in [-0.1, -0.05) is 6.07 Å². The molecule has 0 bridgehead atoms. The van der Waals surface area contributed by atoms with Gasteiger partial charge in [-0.05, 0) is 31.5 Å². The quantitative estimate of drug-likeness (QED) is 0.553. The lowest BCUT2D eigenvalue weighted by atomic mass is 10.1. The Labute approximate surface area is 167 Å². The molecule has 0 spiro atoms. The van der Waals surface area contributed by atoms with Crippen molar-refractivity contribution in [2.45, 2.75) is 31.8 Å². The van der Waals surface area contributed by atoms with Crippen molar-refractivity contribution in [3.63, 3.8) is 0 Å². The van der Waals surface area contributed by atoms with Gasteiger partial charge in [0.05, 0.1) is 10.5 Å². The molecule has 0 unspecified atom stereocenters. The number of hydrogen-bond donors (Lipinski definition) is 1. The lowest BCUT2D eigenvalue weighted by molar-refractivity contribution is 0.589. The molecule has 0 saturated heterocycles. The second-order valence-corrected chi connectivity index (χ2v) is 8.48. The highest BCUT2D eigenvalue weighted by Crippen LogP contribution is 2.32. The Morgan fingerprint density at radius 1 is 1.10 bits per heavy atom. The molecule has 146 valence electrons. The number of nitrogens with one attached hydrogen (secondary N) is 1. The third kappa shape index (κ3) is 2.79. The number of aryl methyl sites for hydroxylation is 2. The molecule has 0 atom stereocenters. The fourth-order valence-electron chi connectivity index (χ4n) is 3.55. The van der Waals surface area contributed by atoms with Crippen LogP contribution in [0.1, 0.15) is 18.3 Å². The van der Waals surface area contributed by atoms with E-state index in [0.29, 0.717) is 34.1 Å². The Morgan fingerprint density at radius 2 is 1.90 bits per heavy atom. The molecule has 10 heteroatoms. The Bertz CT molecular complexity index is 1360. The van der Waals surface area contributed by atoms with Crippen LogP contribution in [0.2, 0.25) is 0 Å². The van der Waals surface area contributed by atoms with Crippen molar-refractivity contribution in [3.05, 3.63) is 48.3 Å². The predicted octanol–water partition coefficient (Wildman–Crippen LogP) is 2.07. The van der Waals surface area contributed by atoms with Gasteiger partial charge in [0.1, 0.15) is 29.2 Å². The van der Waals surface area contributed by atoms with Crippen molar-refractivity contribution in [2.75, 3.05) is 0 Å². The zero-order valence-electron chi connectivity index (χ0n) is 15.8. The Morgan fingerprint density at radius 3 is 2.66 bits per heavy atom. The van der Waals surface area contributed by atoms with Gasteiger partial charge in [0, 0.05) is 31.0 Å². The topological polar surface area (TPSA) is 116 Å². The van der Waals surface area contributed by atoms with E-state index < -0.39 is 10.0 Å². The number of hydrogen-bond acceptors (Lipinski definition) is 7. The Balaban J connectivity index is 1.71. The van der Waals surface area contributed by atoms with Gasteiger partial charge in [-0.25, -0.2) is 38.1 Å². The molecule has 1 aliphatic rings. The van der Waals surface area contributed by atoms with Crippen LogP contribution in [0.4, 0.5) is 0 Å². The molecule has 0 saturated carbocycles. The maximum absolute atomic E-state index is 12.0. The average Bonchev–Trinajstić information content (AvgIpc) is 3.25. The second-order valence-electron chi connectivity index (χ2n) is 6.74. The van der Waals surface area contributed by atoms with Gasteiger partial charge in [-0.2, -0.15) is 0 Å². The summed E-state index contributed by atoms with van der Waals surface area (Å²) in [7, 11) is -3.41. The highest BCUT2D eigenvalue weighted by Gasteiger charge is 2.26. The summed E-state index contributed by atoms with van der Waals surface area (Å²) in [6.45, 7) is 4.80. The van der Waals surface area contributed by atoms with Gasteiger partial charge < -0.3 is 4.57 Å². The summed E-state index contributed by atoms with van der Waals surface area (Å²) < 4.78 is 28.6. The van der Waals surface area contributed by atoms with E-state index in [4.69, 9.17) is 4.98 Å². The van der Waals surface area contributed by atoms with Crippen molar-refractivity contribution in [1.29, 1.82) is 0 Å². The molecule has 9 nitrogen and oxygen atoms in total. The smallest absolute Gasteiger partial charge is 0.241 e. The normalized spacial score (nSPS) is 15.0. The van der Waals surface area contributed by atoms with Crippen LogP contribution in [0.15, 0.2) is 41.8 Å². The largest absolute Gasteiger partial charge is 0.309 e. The summed E-state index contributed by atoms with van der Waals surface area (Å²) in [5.74, 6) is 1.41. The van der Waals surface area contributed by atoms with Gasteiger partial charge in [0.25, 0.3) is 0 Å². The van der Waals surface area contributed by atoms with E-state index >= 15 is 0 Å². The Kier molecular flexibility index (Phi) is 3.93. The number of imidazole rings is 1. The summed E-state index contributed by atoms with van der Waals surface area (Å²) in [6, 6.07) is 5.21. The third-order valence-corrected chi connectivity index (χ3v) is 6.47. The molecule has 5 rings (SSSR count). The first-order valence-corrected chi connectivity index (χ1v) is 10.6. The molecule has 1 N–H and O–H groups in total. The van der Waals surface area contributed by atoms with E-state index in [-0.39, 0.29) is 6.54 Å². The lowest BCUT2D eigenvalue weighted by Crippen LogP contribution is -2.13. The first-order valence-electron chi connectivity index (χ1n) is 9.11. The molecule has 1 aromatic carbocycles. The fourth-order valence-corrected chi connectivity index (χ4v) is 4.78. The number of fused-ring (bicyclic) bond motifs is 2. The molecule has 0 fully saturated rings. The number of sulfonamides is 1. The van der Waals surface area contributed by atoms with Crippen molar-refractivity contribution >= 4 is 21.2 Å². The van der Waals surface area contributed by atoms with Crippen LogP contribution in [0.3, 0.4) is 0 Å². The van der Waals surface area contributed by atoms with Crippen molar-refractivity contribution in [2.24, 2.45) is 0 Å². The number of nitrogens with zero attached hydrogens (tertiary/aromatic N) is 6. The maximum atomic E-state index is 12.0. The van der Waals surface area contributed by atoms with E-state index in [1.807, 2.05) is 24.5 Å². The number of rotatable bonds is 3. The molecule has 1 aliphatic heterocycles. The van der Waals surface area contributed by atoms with E-state index in [0.717, 1.165) is 22.5 Å². The van der Waals surface area contributed by atoms with Gasteiger partial charge in [0.15, 0.2) is 5.65 Å². The maximum Gasteiger partial charge on any atom is 0.241 e. The van der Waals surface area contributed by atoms with Gasteiger partial charge in [0.2, 0.25) is 10.0 Å². The first-order chi connectivity index (χ1) is 14.0. The molecule has 0 radical (unpaired) electrons. The summed E-state index contributed by atoms with van der Waals surface area (Å²) in [5, 5.41) is 0. The molecular formula is C19H17N7O2S. The van der Waals surface area contributed by atoms with E-state index in [2.05, 4.69) is 24.7 Å². The van der Waals surface area contributed by atoms with E-state index in [9.17, 15) is 8.42 Å². The summed E-state index contributed by atoms with van der Waals surface area (Å²) in [4.78, 5) is 22.5. The predicted molar refractivity (Wildman–Crippen MR) is 106 cm³/mol. The van der Waals surface area contributed by atoms with Crippen LogP contribution in [0.5, 0.6) is 0 Å². The van der Waals surface area contributed by atoms with Crippen LogP contribution >= 0.6 is 0 Å². The summed E-state index contributed by atoms with van der Waals surface area (Å²) >= 11 is 0. The average molecular weight is 407 g/mol. The third-order valence-electron chi connectivity index (χ3n) is 4.96. The van der Waals surface area contributed by atoms with Gasteiger partial charge in [-0.15, -0.1) is 0 Å². The standard InChI is InChI=1S/C19H17N7O2S/c1-3-26-18(14-7-20-11(2)21-8-14)25-17-16(22-10-23-19(17)26)12-4-5-15-13(6-12)9-24-29(15,27)28/h4-8,10,24H,3,9H2,1-2H3. The fraction of sp³-hybridized carbons (Fsp3) is 0.211. The first kappa shape index (κ1) is 17.8. The summed E-state index contributed by atoms with van der Waals surface area (Å²) in [6.07, 6.45) is 4.99. The minimum Gasteiger partial charge on any atom is -0.309 e. The lowest BCUT2D eigenvalue weighted by Gasteiger charge is -2.05. The molecular weight excluding hydrogens is 390 g/mol. The van der Waals surface area contributed by atoms with Crippen LogP contribution in [0, 0.1) is 6.92 Å². The second kappa shape index (κ2) is 6.39. The monoisotopic (exact) mass is 407 g/mol. The van der Waals surface area contributed by atoms with E-state index in [1.54, 1.807) is 24.5 Å². The molecule has 4 aromatic rings. The Hall–Kier alpha value is -3.24. The molecule has 4 heterocycles. The molecule has 29 heavy (non-hydrogen) atoms. The van der Waals surface area contributed by atoms with Crippen LogP contribution in [-0.4, -0.2) is 37.9 Å². The molecule has 3 aromatic heterocycles. The molecule has 0 amide bonds. The minimum absolute atomic E-state index is 0.273. The van der Waals surface area contributed by atoms with Crippen LogP contribution in [-0.2, 0) is 23.1 Å². The summed E-state index contributed by atoms with van der Waals surface area (Å²) in [5.41, 5.74) is 4.33. The number of benzene rings is 1. The zero-order chi connectivity index (χ0) is 20.2. The van der Waals surface area contributed by atoms with Crippen LogP contribution in [0.25, 0.3) is 33.8 Å². The van der Waals surface area contributed by atoms with Gasteiger partial charge in [-0.3, -0.25) is 0 Å². The minimum atomic E-state index is -3.41. The van der Waals surface area contributed by atoms with Crippen molar-refractivity contribution in [3.8, 4) is 22.6 Å². The van der Waals surface area contributed by atoms with Crippen LogP contribution < -0.4 is 4.72 Å². The highest BCUT2D eigenvalue weighted by molar-refractivity contribution is 7.89. The molecule has 0 aliphatic carbocycles. The highest BCUT2D eigenvalue weighted by atomic mass is 32.2. The number of aromatic nitrogens is 6. The zero-order valence-corrected chi connectivity index (χ0v) is 16.6. The van der Waals surface area contributed by atoms with Gasteiger partial charge >= 0.3 is 0 Å². The van der Waals surface area contributed by atoms with Crippen molar-refractivity contribution in [1.82, 2.24) is 34.2 Å². The van der Waals surface area contributed by atoms with E-state index in [1.165, 1.54) is 6.33 Å². The van der Waals surface area contributed by atoms with Crippen molar-refractivity contribution < 1.29 is 8.42 Å².